The van der Waals surface area contributed by atoms with Crippen LogP contribution in [0, 0.1) is 18.7 Å². The van der Waals surface area contributed by atoms with Crippen molar-refractivity contribution in [2.24, 2.45) is 7.05 Å². The average molecular weight is 537 g/mol. The van der Waals surface area contributed by atoms with Crippen LogP contribution in [0.2, 0.25) is 0 Å². The first-order valence-corrected chi connectivity index (χ1v) is 12.6. The van der Waals surface area contributed by atoms with Crippen LogP contribution in [0.15, 0.2) is 55.0 Å². The number of urea groups is 1. The number of para-hydroxylation sites is 1. The second kappa shape index (κ2) is 11.3. The summed E-state index contributed by atoms with van der Waals surface area (Å²) in [5.41, 5.74) is 3.20. The van der Waals surface area contributed by atoms with Gasteiger partial charge < -0.3 is 10.1 Å². The minimum Gasteiger partial charge on any atom is -0.383 e. The number of likely N-dealkylation sites (tertiary alicyclic amines) is 1. The first-order valence-electron chi connectivity index (χ1n) is 12.6. The number of rotatable bonds is 8. The molecule has 2 amide bonds. The zero-order chi connectivity index (χ0) is 27.5. The van der Waals surface area contributed by atoms with Crippen LogP contribution in [0.5, 0.6) is 0 Å². The summed E-state index contributed by atoms with van der Waals surface area (Å²) < 4.78 is 37.2. The zero-order valence-electron chi connectivity index (χ0n) is 21.9. The SMILES string of the molecule is COCCN1C[C@@H](NC(=O)Nc2c(C)c(-c3cnn(C)c3)nn2-c2ccccc2)[C@H](c2cc(F)ncc2F)C1. The Morgan fingerprint density at radius 3 is 2.69 bits per heavy atom. The van der Waals surface area contributed by atoms with E-state index in [1.807, 2.05) is 50.5 Å². The van der Waals surface area contributed by atoms with Crippen molar-refractivity contribution < 1.29 is 18.3 Å². The quantitative estimate of drug-likeness (QED) is 0.335. The second-order valence-corrected chi connectivity index (χ2v) is 9.56. The molecule has 5 rings (SSSR count). The molecule has 4 heterocycles. The average Bonchev–Trinajstić information content (AvgIpc) is 3.62. The highest BCUT2D eigenvalue weighted by atomic mass is 19.1. The highest BCUT2D eigenvalue weighted by Crippen LogP contribution is 2.32. The number of nitrogens with zero attached hydrogens (tertiary/aromatic N) is 6. The van der Waals surface area contributed by atoms with Gasteiger partial charge in [-0.2, -0.15) is 14.6 Å². The van der Waals surface area contributed by atoms with Gasteiger partial charge in [0.1, 0.15) is 17.3 Å². The fraction of sp³-hybridized carbons (Fsp3) is 0.333. The second-order valence-electron chi connectivity index (χ2n) is 9.56. The van der Waals surface area contributed by atoms with E-state index in [1.54, 1.807) is 22.7 Å². The first-order chi connectivity index (χ1) is 18.8. The van der Waals surface area contributed by atoms with Crippen LogP contribution in [-0.2, 0) is 11.8 Å². The molecule has 0 saturated carbocycles. The normalized spacial score (nSPS) is 17.5. The minimum atomic E-state index is -0.768. The van der Waals surface area contributed by atoms with Crippen molar-refractivity contribution in [2.45, 2.75) is 18.9 Å². The number of pyridine rings is 1. The van der Waals surface area contributed by atoms with Crippen molar-refractivity contribution >= 4 is 11.8 Å². The van der Waals surface area contributed by atoms with Crippen LogP contribution in [0.3, 0.4) is 0 Å². The number of benzene rings is 1. The molecule has 1 aromatic carbocycles. The minimum absolute atomic E-state index is 0.178. The molecule has 3 aromatic heterocycles. The summed E-state index contributed by atoms with van der Waals surface area (Å²) in [6.45, 7) is 3.83. The number of carbonyl (C=O) groups is 1. The number of hydrogen-bond donors (Lipinski definition) is 2. The number of halogens is 2. The van der Waals surface area contributed by atoms with E-state index in [2.05, 4.69) is 25.6 Å². The monoisotopic (exact) mass is 536 g/mol. The maximum Gasteiger partial charge on any atom is 0.320 e. The fourth-order valence-corrected chi connectivity index (χ4v) is 4.99. The molecular weight excluding hydrogens is 506 g/mol. The molecule has 0 bridgehead atoms. The van der Waals surface area contributed by atoms with Gasteiger partial charge in [-0.3, -0.25) is 14.9 Å². The Labute approximate surface area is 224 Å². The van der Waals surface area contributed by atoms with Gasteiger partial charge in [-0.15, -0.1) is 0 Å². The lowest BCUT2D eigenvalue weighted by Gasteiger charge is -2.21. The van der Waals surface area contributed by atoms with Gasteiger partial charge in [0.05, 0.1) is 30.7 Å². The van der Waals surface area contributed by atoms with Gasteiger partial charge in [0, 0.05) is 62.6 Å². The number of amides is 2. The molecule has 4 aromatic rings. The van der Waals surface area contributed by atoms with Crippen molar-refractivity contribution in [3.8, 4) is 16.9 Å². The molecule has 2 N–H and O–H groups in total. The third kappa shape index (κ3) is 5.66. The van der Waals surface area contributed by atoms with Crippen LogP contribution < -0.4 is 10.6 Å². The maximum absolute atomic E-state index is 14.7. The van der Waals surface area contributed by atoms with E-state index in [-0.39, 0.29) is 5.56 Å². The number of anilines is 1. The Hall–Kier alpha value is -4.16. The van der Waals surface area contributed by atoms with Crippen LogP contribution in [0.25, 0.3) is 16.9 Å². The molecule has 0 spiro atoms. The van der Waals surface area contributed by atoms with Gasteiger partial charge in [-0.25, -0.2) is 18.9 Å². The van der Waals surface area contributed by atoms with Gasteiger partial charge in [0.15, 0.2) is 0 Å². The van der Waals surface area contributed by atoms with Crippen molar-refractivity contribution in [3.05, 3.63) is 77.9 Å². The fourth-order valence-electron chi connectivity index (χ4n) is 4.99. The number of aromatic nitrogens is 5. The van der Waals surface area contributed by atoms with E-state index in [4.69, 9.17) is 9.84 Å². The largest absolute Gasteiger partial charge is 0.383 e. The Morgan fingerprint density at radius 1 is 1.18 bits per heavy atom. The highest BCUT2D eigenvalue weighted by molar-refractivity contribution is 5.91. The number of methoxy groups -OCH3 is 1. The van der Waals surface area contributed by atoms with Crippen molar-refractivity contribution in [2.75, 3.05) is 38.7 Å². The number of aryl methyl sites for hydroxylation is 1. The summed E-state index contributed by atoms with van der Waals surface area (Å²) in [7, 11) is 3.43. The Bertz CT molecular complexity index is 1460. The van der Waals surface area contributed by atoms with Gasteiger partial charge in [0.2, 0.25) is 5.95 Å². The summed E-state index contributed by atoms with van der Waals surface area (Å²) in [5.74, 6) is -1.36. The Balaban J connectivity index is 1.43. The van der Waals surface area contributed by atoms with Crippen molar-refractivity contribution in [3.63, 3.8) is 0 Å². The van der Waals surface area contributed by atoms with E-state index >= 15 is 0 Å². The molecule has 1 aliphatic rings. The first kappa shape index (κ1) is 26.4. The lowest BCUT2D eigenvalue weighted by Crippen LogP contribution is -2.42. The van der Waals surface area contributed by atoms with Gasteiger partial charge >= 0.3 is 6.03 Å². The molecule has 10 nitrogen and oxygen atoms in total. The number of nitrogens with one attached hydrogen (secondary N) is 2. The molecule has 0 unspecified atom stereocenters. The van der Waals surface area contributed by atoms with Gasteiger partial charge in [-0.05, 0) is 25.1 Å². The van der Waals surface area contributed by atoms with Crippen molar-refractivity contribution in [1.29, 1.82) is 0 Å². The third-order valence-corrected chi connectivity index (χ3v) is 6.91. The predicted octanol–water partition coefficient (Wildman–Crippen LogP) is 3.49. The summed E-state index contributed by atoms with van der Waals surface area (Å²) in [5, 5.41) is 15.0. The summed E-state index contributed by atoms with van der Waals surface area (Å²) in [6, 6.07) is 9.60. The van der Waals surface area contributed by atoms with Crippen molar-refractivity contribution in [1.82, 2.24) is 34.8 Å². The standard InChI is InChI=1S/C27H30F2N8O2/c1-17-25(18-12-31-35(2)14-18)34-37(19-7-5-4-6-8-19)26(17)33-27(38)32-23-16-36(9-10-39-3)15-21(23)20-11-24(29)30-13-22(20)28/h4-8,11-14,21,23H,9-10,15-16H2,1-3H3,(H2,32,33,38)/t21-,23+/m0/s1. The molecule has 1 saturated heterocycles. The predicted molar refractivity (Wildman–Crippen MR) is 142 cm³/mol. The Kier molecular flexibility index (Phi) is 7.66. The maximum atomic E-state index is 14.7. The molecule has 39 heavy (non-hydrogen) atoms. The number of ether oxygens (including phenoxy) is 1. The summed E-state index contributed by atoms with van der Waals surface area (Å²) >= 11 is 0. The molecular formula is C27H30F2N8O2. The molecule has 204 valence electrons. The van der Waals surface area contributed by atoms with Crippen LogP contribution in [0.1, 0.15) is 17.0 Å². The lowest BCUT2D eigenvalue weighted by molar-refractivity contribution is 0.159. The molecule has 1 fully saturated rings. The smallest absolute Gasteiger partial charge is 0.320 e. The van der Waals surface area contributed by atoms with Crippen LogP contribution in [-0.4, -0.2) is 74.9 Å². The third-order valence-electron chi connectivity index (χ3n) is 6.91. The molecule has 2 atom stereocenters. The van der Waals surface area contributed by atoms with E-state index in [0.717, 1.165) is 29.1 Å². The summed E-state index contributed by atoms with van der Waals surface area (Å²) in [6.07, 6.45) is 4.45. The van der Waals surface area contributed by atoms with E-state index in [0.29, 0.717) is 37.8 Å². The van der Waals surface area contributed by atoms with Crippen LogP contribution >= 0.6 is 0 Å². The van der Waals surface area contributed by atoms with E-state index in [9.17, 15) is 13.6 Å². The molecule has 0 aliphatic carbocycles. The lowest BCUT2D eigenvalue weighted by atomic mass is 9.95. The van der Waals surface area contributed by atoms with E-state index in [1.165, 1.54) is 0 Å². The van der Waals surface area contributed by atoms with Gasteiger partial charge in [0.25, 0.3) is 0 Å². The number of carbonyl (C=O) groups excluding carboxylic acids is 1. The highest BCUT2D eigenvalue weighted by Gasteiger charge is 2.37. The van der Waals surface area contributed by atoms with Gasteiger partial charge in [-0.1, -0.05) is 18.2 Å². The number of hydrogen-bond acceptors (Lipinski definition) is 6. The summed E-state index contributed by atoms with van der Waals surface area (Å²) in [4.78, 5) is 18.9. The molecule has 1 aliphatic heterocycles. The molecule has 0 radical (unpaired) electrons. The van der Waals surface area contributed by atoms with E-state index < -0.39 is 29.8 Å². The van der Waals surface area contributed by atoms with Crippen LogP contribution in [0.4, 0.5) is 19.4 Å². The molecule has 12 heteroatoms. The topological polar surface area (TPSA) is 102 Å². The zero-order valence-corrected chi connectivity index (χ0v) is 21.9. The Morgan fingerprint density at radius 2 is 1.97 bits per heavy atom.